The van der Waals surface area contributed by atoms with Crippen LogP contribution in [0, 0.1) is 6.92 Å². The van der Waals surface area contributed by atoms with Crippen molar-refractivity contribution < 1.29 is 9.59 Å². The first-order chi connectivity index (χ1) is 11.6. The molecule has 2 heterocycles. The number of aryl methyl sites for hydroxylation is 2. The zero-order valence-corrected chi connectivity index (χ0v) is 14.4. The second-order valence-electron chi connectivity index (χ2n) is 5.69. The van der Waals surface area contributed by atoms with Crippen molar-refractivity contribution in [2.24, 2.45) is 0 Å². The van der Waals surface area contributed by atoms with Crippen LogP contribution in [0.25, 0.3) is 0 Å². The van der Waals surface area contributed by atoms with Gasteiger partial charge in [0.05, 0.1) is 10.7 Å². The molecule has 0 aliphatic carbocycles. The van der Waals surface area contributed by atoms with Gasteiger partial charge in [0.25, 0.3) is 0 Å². The molecule has 24 heavy (non-hydrogen) atoms. The quantitative estimate of drug-likeness (QED) is 0.846. The summed E-state index contributed by atoms with van der Waals surface area (Å²) in [7, 11) is 0. The number of hydrogen-bond donors (Lipinski definition) is 2. The van der Waals surface area contributed by atoms with Crippen LogP contribution in [0.4, 0.5) is 16.2 Å². The number of benzene rings is 1. The van der Waals surface area contributed by atoms with E-state index < -0.39 is 0 Å². The fraction of sp³-hybridized carbons (Fsp3) is 0.353. The SMILES string of the molecule is Cc1nc(CCCC(=O)Nc2ccc(N3CCNC3=O)cc2)cs1. The van der Waals surface area contributed by atoms with E-state index in [4.69, 9.17) is 0 Å². The van der Waals surface area contributed by atoms with Gasteiger partial charge in [0.2, 0.25) is 5.91 Å². The number of carbonyl (C=O) groups excluding carboxylic acids is 2. The van der Waals surface area contributed by atoms with Gasteiger partial charge in [0.1, 0.15) is 0 Å². The third-order valence-electron chi connectivity index (χ3n) is 3.82. The Morgan fingerprint density at radius 3 is 2.79 bits per heavy atom. The first kappa shape index (κ1) is 16.4. The first-order valence-corrected chi connectivity index (χ1v) is 8.86. The molecule has 3 rings (SSSR count). The third kappa shape index (κ3) is 4.11. The number of hydrogen-bond acceptors (Lipinski definition) is 4. The number of amides is 3. The number of anilines is 2. The summed E-state index contributed by atoms with van der Waals surface area (Å²) in [6.45, 7) is 3.31. The topological polar surface area (TPSA) is 74.3 Å². The Morgan fingerprint density at radius 1 is 1.38 bits per heavy atom. The Bertz CT molecular complexity index is 726. The highest BCUT2D eigenvalue weighted by molar-refractivity contribution is 7.09. The molecule has 1 aromatic carbocycles. The van der Waals surface area contributed by atoms with Crippen LogP contribution in [-0.2, 0) is 11.2 Å². The second-order valence-corrected chi connectivity index (χ2v) is 6.75. The van der Waals surface area contributed by atoms with Crippen molar-refractivity contribution in [1.82, 2.24) is 10.3 Å². The minimum absolute atomic E-state index is 0.00591. The van der Waals surface area contributed by atoms with Gasteiger partial charge in [-0.05, 0) is 44.0 Å². The van der Waals surface area contributed by atoms with Crippen molar-refractivity contribution in [3.8, 4) is 0 Å². The predicted molar refractivity (Wildman–Crippen MR) is 95.6 cm³/mol. The molecule has 6 nitrogen and oxygen atoms in total. The van der Waals surface area contributed by atoms with Gasteiger partial charge in [0, 0.05) is 36.3 Å². The number of nitrogens with one attached hydrogen (secondary N) is 2. The summed E-state index contributed by atoms with van der Waals surface area (Å²) in [4.78, 5) is 29.7. The van der Waals surface area contributed by atoms with Gasteiger partial charge in [0.15, 0.2) is 0 Å². The predicted octanol–water partition coefficient (Wildman–Crippen LogP) is 2.94. The molecule has 3 amide bonds. The first-order valence-electron chi connectivity index (χ1n) is 7.98. The minimum atomic E-state index is -0.0796. The van der Waals surface area contributed by atoms with E-state index >= 15 is 0 Å². The van der Waals surface area contributed by atoms with E-state index in [-0.39, 0.29) is 11.9 Å². The lowest BCUT2D eigenvalue weighted by molar-refractivity contribution is -0.116. The molecular formula is C17H20N4O2S. The Balaban J connectivity index is 1.46. The molecule has 7 heteroatoms. The van der Waals surface area contributed by atoms with Crippen molar-refractivity contribution in [3.63, 3.8) is 0 Å². The summed E-state index contributed by atoms with van der Waals surface area (Å²) in [6, 6.07) is 7.26. The lowest BCUT2D eigenvalue weighted by Crippen LogP contribution is -2.27. The number of thiazole rings is 1. The molecule has 126 valence electrons. The molecular weight excluding hydrogens is 324 g/mol. The fourth-order valence-corrected chi connectivity index (χ4v) is 3.27. The fourth-order valence-electron chi connectivity index (χ4n) is 2.62. The Hall–Kier alpha value is -2.41. The highest BCUT2D eigenvalue weighted by Crippen LogP contribution is 2.20. The van der Waals surface area contributed by atoms with Crippen LogP contribution in [0.5, 0.6) is 0 Å². The molecule has 1 saturated heterocycles. The molecule has 2 N–H and O–H groups in total. The number of rotatable bonds is 6. The maximum atomic E-state index is 12.0. The van der Waals surface area contributed by atoms with Gasteiger partial charge in [-0.1, -0.05) is 0 Å². The molecule has 0 unspecified atom stereocenters. The molecule has 1 fully saturated rings. The number of urea groups is 1. The third-order valence-corrected chi connectivity index (χ3v) is 4.65. The zero-order valence-electron chi connectivity index (χ0n) is 13.5. The smallest absolute Gasteiger partial charge is 0.321 e. The number of carbonyl (C=O) groups is 2. The summed E-state index contributed by atoms with van der Waals surface area (Å²) < 4.78 is 0. The normalized spacial score (nSPS) is 13.9. The van der Waals surface area contributed by atoms with Crippen LogP contribution < -0.4 is 15.5 Å². The maximum Gasteiger partial charge on any atom is 0.321 e. The molecule has 2 aromatic rings. The molecule has 1 aliphatic rings. The zero-order chi connectivity index (χ0) is 16.9. The standard InChI is InChI=1S/C17H20N4O2S/c1-12-19-14(11-24-12)3-2-4-16(22)20-13-5-7-15(8-6-13)21-10-9-18-17(21)23/h5-8,11H,2-4,9-10H2,1H3,(H,18,23)(H,20,22). The number of nitrogens with zero attached hydrogens (tertiary/aromatic N) is 2. The molecule has 0 atom stereocenters. The molecule has 0 spiro atoms. The summed E-state index contributed by atoms with van der Waals surface area (Å²) >= 11 is 1.63. The van der Waals surface area contributed by atoms with Crippen molar-refractivity contribution >= 4 is 34.6 Å². The average Bonchev–Trinajstić information content (AvgIpc) is 3.17. The van der Waals surface area contributed by atoms with E-state index in [0.717, 1.165) is 34.9 Å². The van der Waals surface area contributed by atoms with E-state index in [9.17, 15) is 9.59 Å². The van der Waals surface area contributed by atoms with Crippen molar-refractivity contribution in [1.29, 1.82) is 0 Å². The molecule has 0 bridgehead atoms. The highest BCUT2D eigenvalue weighted by atomic mass is 32.1. The Labute approximate surface area is 144 Å². The van der Waals surface area contributed by atoms with Gasteiger partial charge in [-0.15, -0.1) is 11.3 Å². The van der Waals surface area contributed by atoms with Gasteiger partial charge >= 0.3 is 6.03 Å². The van der Waals surface area contributed by atoms with E-state index in [1.165, 1.54) is 0 Å². The number of aromatic nitrogens is 1. The summed E-state index contributed by atoms with van der Waals surface area (Å²) in [5.41, 5.74) is 2.63. The molecule has 0 radical (unpaired) electrons. The van der Waals surface area contributed by atoms with Gasteiger partial charge < -0.3 is 10.6 Å². The van der Waals surface area contributed by atoms with Gasteiger partial charge in [-0.3, -0.25) is 9.69 Å². The van der Waals surface area contributed by atoms with Crippen LogP contribution in [0.3, 0.4) is 0 Å². The van der Waals surface area contributed by atoms with E-state index in [0.29, 0.717) is 19.5 Å². The van der Waals surface area contributed by atoms with E-state index in [1.54, 1.807) is 16.2 Å². The monoisotopic (exact) mass is 344 g/mol. The maximum absolute atomic E-state index is 12.0. The Morgan fingerprint density at radius 2 is 2.17 bits per heavy atom. The largest absolute Gasteiger partial charge is 0.336 e. The van der Waals surface area contributed by atoms with Crippen LogP contribution in [0.15, 0.2) is 29.6 Å². The Kier molecular flexibility index (Phi) is 5.10. The summed E-state index contributed by atoms with van der Waals surface area (Å²) in [5.74, 6) is -0.00591. The van der Waals surface area contributed by atoms with E-state index in [1.807, 2.05) is 36.6 Å². The summed E-state index contributed by atoms with van der Waals surface area (Å²) in [6.07, 6.45) is 2.06. The minimum Gasteiger partial charge on any atom is -0.336 e. The second kappa shape index (κ2) is 7.44. The lowest BCUT2D eigenvalue weighted by Gasteiger charge is -2.14. The lowest BCUT2D eigenvalue weighted by atomic mass is 10.2. The van der Waals surface area contributed by atoms with Crippen molar-refractivity contribution in [3.05, 3.63) is 40.3 Å². The van der Waals surface area contributed by atoms with Crippen LogP contribution in [0.2, 0.25) is 0 Å². The van der Waals surface area contributed by atoms with Crippen LogP contribution in [-0.4, -0.2) is 30.0 Å². The van der Waals surface area contributed by atoms with E-state index in [2.05, 4.69) is 15.6 Å². The molecule has 1 aliphatic heterocycles. The molecule has 0 saturated carbocycles. The van der Waals surface area contributed by atoms with Crippen molar-refractivity contribution in [2.75, 3.05) is 23.3 Å². The van der Waals surface area contributed by atoms with Crippen LogP contribution >= 0.6 is 11.3 Å². The van der Waals surface area contributed by atoms with Gasteiger partial charge in [-0.2, -0.15) is 0 Å². The van der Waals surface area contributed by atoms with Gasteiger partial charge in [-0.25, -0.2) is 9.78 Å². The van der Waals surface area contributed by atoms with Crippen LogP contribution in [0.1, 0.15) is 23.5 Å². The highest BCUT2D eigenvalue weighted by Gasteiger charge is 2.20. The summed E-state index contributed by atoms with van der Waals surface area (Å²) in [5, 5.41) is 8.75. The molecule has 1 aromatic heterocycles. The van der Waals surface area contributed by atoms with Crippen molar-refractivity contribution in [2.45, 2.75) is 26.2 Å². The average molecular weight is 344 g/mol.